The molecule has 0 bridgehead atoms. The molecule has 2 saturated heterocycles. The molecule has 2 aromatic rings. The predicted molar refractivity (Wildman–Crippen MR) is 152 cm³/mol. The fourth-order valence-corrected chi connectivity index (χ4v) is 5.07. The average molecular weight is 627 g/mol. The molecule has 5 nitrogen and oxygen atoms in total. The van der Waals surface area contributed by atoms with E-state index < -0.39 is 11.7 Å². The van der Waals surface area contributed by atoms with Crippen molar-refractivity contribution in [3.05, 3.63) is 69.2 Å². The lowest BCUT2D eigenvalue weighted by atomic mass is 9.99. The van der Waals surface area contributed by atoms with Crippen LogP contribution in [0.5, 0.6) is 0 Å². The molecule has 2 fully saturated rings. The number of amides is 1. The van der Waals surface area contributed by atoms with Crippen molar-refractivity contribution in [2.24, 2.45) is 0 Å². The molecule has 2 aliphatic heterocycles. The molecule has 39 heavy (non-hydrogen) atoms. The van der Waals surface area contributed by atoms with Crippen molar-refractivity contribution in [3.8, 4) is 11.8 Å². The minimum atomic E-state index is -4.39. The number of hydrogen-bond donors (Lipinski definition) is 0. The highest BCUT2D eigenvalue weighted by Crippen LogP contribution is 2.30. The van der Waals surface area contributed by atoms with E-state index in [9.17, 15) is 18.0 Å². The lowest BCUT2D eigenvalue weighted by molar-refractivity contribution is -0.137. The molecule has 0 radical (unpaired) electrons. The molecule has 2 aromatic carbocycles. The number of carbonyl (C=O) groups is 1. The summed E-state index contributed by atoms with van der Waals surface area (Å²) in [6.07, 6.45) is -3.98. The maximum Gasteiger partial charge on any atom is 0.416 e. The fourth-order valence-electron chi connectivity index (χ4n) is 4.55. The summed E-state index contributed by atoms with van der Waals surface area (Å²) in [5, 5.41) is 0.730. The Kier molecular flexibility index (Phi) is 13.2. The number of rotatable bonds is 5. The maximum atomic E-state index is 13.4. The van der Waals surface area contributed by atoms with Crippen LogP contribution in [0, 0.1) is 11.8 Å². The molecule has 12 heteroatoms. The first-order valence-electron chi connectivity index (χ1n) is 12.1. The highest BCUT2D eigenvalue weighted by atomic mass is 35.5. The van der Waals surface area contributed by atoms with Crippen molar-refractivity contribution in [1.82, 2.24) is 14.7 Å². The van der Waals surface area contributed by atoms with Crippen LogP contribution in [0.1, 0.15) is 21.5 Å². The molecule has 2 aliphatic rings. The van der Waals surface area contributed by atoms with Gasteiger partial charge in [-0.1, -0.05) is 47.2 Å². The van der Waals surface area contributed by atoms with Gasteiger partial charge in [0.05, 0.1) is 31.9 Å². The van der Waals surface area contributed by atoms with Gasteiger partial charge in [0.25, 0.3) is 5.91 Å². The predicted octanol–water partition coefficient (Wildman–Crippen LogP) is 5.56. The number of ether oxygens (including phenoxy) is 1. The average Bonchev–Trinajstić information content (AvgIpc) is 2.86. The van der Waals surface area contributed by atoms with Crippen LogP contribution in [0.4, 0.5) is 13.2 Å². The number of hydrogen-bond acceptors (Lipinski definition) is 4. The summed E-state index contributed by atoms with van der Waals surface area (Å²) in [6.45, 7) is 6.08. The molecule has 0 saturated carbocycles. The van der Waals surface area contributed by atoms with E-state index in [1.54, 1.807) is 23.1 Å². The third kappa shape index (κ3) is 9.72. The largest absolute Gasteiger partial charge is 0.416 e. The number of nitrogens with zero attached hydrogens (tertiary/aromatic N) is 3. The Morgan fingerprint density at radius 3 is 2.08 bits per heavy atom. The number of alkyl halides is 3. The number of halogens is 7. The Balaban J connectivity index is 0.00000267. The molecule has 1 atom stereocenters. The van der Waals surface area contributed by atoms with Gasteiger partial charge in [-0.3, -0.25) is 14.6 Å². The van der Waals surface area contributed by atoms with E-state index in [2.05, 4.69) is 21.6 Å². The Hall–Kier alpha value is -1.70. The Labute approximate surface area is 249 Å². The summed E-state index contributed by atoms with van der Waals surface area (Å²) in [5.74, 6) is 6.24. The van der Waals surface area contributed by atoms with Gasteiger partial charge < -0.3 is 9.64 Å². The molecule has 0 N–H and O–H groups in total. The Morgan fingerprint density at radius 1 is 0.897 bits per heavy atom. The van der Waals surface area contributed by atoms with Crippen molar-refractivity contribution < 1.29 is 22.7 Å². The fraction of sp³-hybridized carbons (Fsp3) is 0.444. The zero-order valence-corrected chi connectivity index (χ0v) is 24.2. The van der Waals surface area contributed by atoms with Crippen LogP contribution in [0.15, 0.2) is 42.5 Å². The summed E-state index contributed by atoms with van der Waals surface area (Å²) in [6, 6.07) is 9.57. The molecule has 0 spiro atoms. The van der Waals surface area contributed by atoms with Gasteiger partial charge in [-0.15, -0.1) is 24.8 Å². The van der Waals surface area contributed by atoms with Crippen LogP contribution in [0.3, 0.4) is 0 Å². The van der Waals surface area contributed by atoms with Crippen LogP contribution >= 0.6 is 48.0 Å². The minimum Gasteiger partial charge on any atom is -0.379 e. The Morgan fingerprint density at radius 2 is 1.49 bits per heavy atom. The molecule has 214 valence electrons. The number of carbonyl (C=O) groups excluding carboxylic acids is 1. The lowest BCUT2D eigenvalue weighted by Crippen LogP contribution is -2.56. The molecule has 0 unspecified atom stereocenters. The quantitative estimate of drug-likeness (QED) is 0.407. The summed E-state index contributed by atoms with van der Waals surface area (Å²) >= 11 is 12.2. The zero-order chi connectivity index (χ0) is 26.4. The van der Waals surface area contributed by atoms with Gasteiger partial charge in [0.2, 0.25) is 0 Å². The third-order valence-corrected chi connectivity index (χ3v) is 6.96. The van der Waals surface area contributed by atoms with Crippen molar-refractivity contribution >= 4 is 53.9 Å². The SMILES string of the molecule is Cl.Cl.O=C(c1cc(Cl)cc(Cl)c1)N1CCN(CC#CCN2CCOCC2)C[C@H]1Cc1ccc(C(F)(F)F)cc1. The summed E-state index contributed by atoms with van der Waals surface area (Å²) in [4.78, 5) is 19.6. The molecule has 0 aliphatic carbocycles. The summed E-state index contributed by atoms with van der Waals surface area (Å²) < 4.78 is 44.4. The van der Waals surface area contributed by atoms with Crippen LogP contribution in [-0.2, 0) is 17.3 Å². The van der Waals surface area contributed by atoms with Crippen molar-refractivity contribution in [2.75, 3.05) is 59.0 Å². The summed E-state index contributed by atoms with van der Waals surface area (Å²) in [5.41, 5.74) is 0.410. The molecule has 0 aromatic heterocycles. The van der Waals surface area contributed by atoms with Gasteiger partial charge in [-0.05, 0) is 42.3 Å². The molecule has 2 heterocycles. The first-order valence-corrected chi connectivity index (χ1v) is 12.9. The van der Waals surface area contributed by atoms with Crippen molar-refractivity contribution in [2.45, 2.75) is 18.6 Å². The monoisotopic (exact) mass is 625 g/mol. The standard InChI is InChI=1S/C27H28Cl2F3N3O2.2ClH/c28-23-16-21(17-24(29)18-23)26(36)35-10-9-34(8-2-1-7-33-11-13-37-14-12-33)19-25(35)15-20-3-5-22(6-4-20)27(30,31)32;;/h3-6,16-18,25H,7-15,19H2;2*1H/t25-;;/m1../s1. The van der Waals surface area contributed by atoms with Crippen LogP contribution in [-0.4, -0.2) is 85.7 Å². The summed E-state index contributed by atoms with van der Waals surface area (Å²) in [7, 11) is 0. The van der Waals surface area contributed by atoms with Gasteiger partial charge in [-0.2, -0.15) is 13.2 Å². The number of morpholine rings is 1. The zero-order valence-electron chi connectivity index (χ0n) is 21.1. The van der Waals surface area contributed by atoms with Crippen molar-refractivity contribution in [1.29, 1.82) is 0 Å². The van der Waals surface area contributed by atoms with Crippen molar-refractivity contribution in [3.63, 3.8) is 0 Å². The highest BCUT2D eigenvalue weighted by Gasteiger charge is 2.32. The van der Waals surface area contributed by atoms with E-state index in [0.717, 1.165) is 44.0 Å². The smallest absolute Gasteiger partial charge is 0.379 e. The maximum absolute atomic E-state index is 13.4. The van der Waals surface area contributed by atoms with Gasteiger partial charge >= 0.3 is 6.18 Å². The van der Waals surface area contributed by atoms with E-state index in [0.29, 0.717) is 54.8 Å². The van der Waals surface area contributed by atoms with Gasteiger partial charge in [0.15, 0.2) is 0 Å². The second-order valence-electron chi connectivity index (χ2n) is 9.19. The topological polar surface area (TPSA) is 36.0 Å². The van der Waals surface area contributed by atoms with Crippen LogP contribution < -0.4 is 0 Å². The van der Waals surface area contributed by atoms with E-state index in [1.807, 2.05) is 0 Å². The molecular formula is C27H30Cl4F3N3O2. The third-order valence-electron chi connectivity index (χ3n) is 6.52. The first-order chi connectivity index (χ1) is 17.7. The number of piperazine rings is 1. The van der Waals surface area contributed by atoms with Gasteiger partial charge in [0.1, 0.15) is 0 Å². The normalized spacial score (nSPS) is 18.4. The van der Waals surface area contributed by atoms with E-state index in [-0.39, 0.29) is 36.8 Å². The second-order valence-corrected chi connectivity index (χ2v) is 10.1. The first kappa shape index (κ1) is 33.5. The van der Waals surface area contributed by atoms with Crippen LogP contribution in [0.2, 0.25) is 10.0 Å². The van der Waals surface area contributed by atoms with Gasteiger partial charge in [-0.25, -0.2) is 0 Å². The van der Waals surface area contributed by atoms with Gasteiger partial charge in [0, 0.05) is 54.4 Å². The minimum absolute atomic E-state index is 0. The molecular weight excluding hydrogens is 597 g/mol. The molecule has 4 rings (SSSR count). The second kappa shape index (κ2) is 15.3. The molecule has 1 amide bonds. The number of benzene rings is 2. The highest BCUT2D eigenvalue weighted by molar-refractivity contribution is 6.35. The Bertz CT molecular complexity index is 1130. The van der Waals surface area contributed by atoms with Crippen LogP contribution in [0.25, 0.3) is 0 Å². The lowest BCUT2D eigenvalue weighted by Gasteiger charge is -2.41. The van der Waals surface area contributed by atoms with E-state index in [4.69, 9.17) is 27.9 Å². The van der Waals surface area contributed by atoms with E-state index >= 15 is 0 Å². The van der Waals surface area contributed by atoms with E-state index in [1.165, 1.54) is 12.1 Å².